The summed E-state index contributed by atoms with van der Waals surface area (Å²) in [6.45, 7) is 0. The molecule has 0 saturated carbocycles. The van der Waals surface area contributed by atoms with Crippen LogP contribution in [-0.2, 0) is 0 Å². The molecule has 0 heterocycles. The van der Waals surface area contributed by atoms with Gasteiger partial charge in [0.05, 0.1) is 0 Å². The van der Waals surface area contributed by atoms with E-state index in [0.717, 1.165) is 19.4 Å². The zero-order valence-electron chi connectivity index (χ0n) is 8.69. The van der Waals surface area contributed by atoms with Crippen molar-refractivity contribution < 1.29 is 0 Å². The maximum atomic E-state index is 5.84. The topological polar surface area (TPSA) is 0 Å². The van der Waals surface area contributed by atoms with Gasteiger partial charge in [-0.05, 0) is 0 Å². The van der Waals surface area contributed by atoms with Crippen molar-refractivity contribution in [3.05, 3.63) is 64.1 Å². The van der Waals surface area contributed by atoms with Crippen LogP contribution in [0.3, 0.4) is 0 Å². The van der Waals surface area contributed by atoms with E-state index in [4.69, 9.17) is 35.4 Å². The van der Waals surface area contributed by atoms with E-state index < -0.39 is 0 Å². The number of rotatable bonds is 3. The van der Waals surface area contributed by atoms with Crippen molar-refractivity contribution >= 4 is 58.6 Å². The van der Waals surface area contributed by atoms with Crippen molar-refractivity contribution in [2.45, 2.75) is 0 Å². The van der Waals surface area contributed by atoms with Crippen molar-refractivity contribution in [3.8, 4) is 0 Å². The van der Waals surface area contributed by atoms with Gasteiger partial charge in [-0.1, -0.05) is 0 Å². The van der Waals surface area contributed by atoms with Crippen molar-refractivity contribution in [1.29, 1.82) is 0 Å². The molecule has 0 aliphatic rings. The molecular formula is C13H8Cl2SSe. The summed E-state index contributed by atoms with van der Waals surface area (Å²) >= 11 is 17.3. The van der Waals surface area contributed by atoms with E-state index in [1.807, 2.05) is 48.5 Å². The van der Waals surface area contributed by atoms with Gasteiger partial charge in [-0.2, -0.15) is 0 Å². The molecule has 0 N–H and O–H groups in total. The second kappa shape index (κ2) is 5.99. The molecule has 0 unspecified atom stereocenters. The van der Waals surface area contributed by atoms with Crippen LogP contribution in [0.15, 0.2) is 48.5 Å². The van der Waals surface area contributed by atoms with Crippen LogP contribution >= 0.6 is 35.4 Å². The van der Waals surface area contributed by atoms with Crippen molar-refractivity contribution in [1.82, 2.24) is 0 Å². The van der Waals surface area contributed by atoms with Crippen molar-refractivity contribution in [2.24, 2.45) is 0 Å². The average Bonchev–Trinajstić information content (AvgIpc) is 2.33. The molecule has 2 aromatic rings. The minimum atomic E-state index is 0.147. The molecule has 0 nitrogen and oxygen atoms in total. The number of benzene rings is 2. The van der Waals surface area contributed by atoms with E-state index in [2.05, 4.69) is 0 Å². The Labute approximate surface area is 122 Å². The first-order valence-electron chi connectivity index (χ1n) is 4.88. The molecule has 0 aliphatic carbocycles. The molecule has 2 rings (SSSR count). The minimum absolute atomic E-state index is 0.147. The molecule has 4 heteroatoms. The maximum absolute atomic E-state index is 5.84. The first kappa shape index (κ1) is 13.1. The standard InChI is InChI=1S/C13H8Cl2SSe/c14-10-3-1-9(2-4-10)13(16)17-12-7-5-11(15)6-8-12/h1-8H. The zero-order chi connectivity index (χ0) is 12.3. The summed E-state index contributed by atoms with van der Waals surface area (Å²) < 4.78 is 2.19. The molecule has 0 fully saturated rings. The molecule has 0 aromatic heterocycles. The van der Waals surface area contributed by atoms with Gasteiger partial charge < -0.3 is 0 Å². The summed E-state index contributed by atoms with van der Waals surface area (Å²) in [7, 11) is 0. The number of halogens is 2. The van der Waals surface area contributed by atoms with Gasteiger partial charge in [0.1, 0.15) is 0 Å². The predicted octanol–water partition coefficient (Wildman–Crippen LogP) is 3.70. The molecule has 17 heavy (non-hydrogen) atoms. The van der Waals surface area contributed by atoms with Crippen LogP contribution in [0.5, 0.6) is 0 Å². The van der Waals surface area contributed by atoms with Gasteiger partial charge in [-0.25, -0.2) is 0 Å². The van der Waals surface area contributed by atoms with Crippen LogP contribution < -0.4 is 4.46 Å². The van der Waals surface area contributed by atoms with Crippen LogP contribution in [0.2, 0.25) is 10.0 Å². The van der Waals surface area contributed by atoms with Crippen LogP contribution in [0.25, 0.3) is 0 Å². The van der Waals surface area contributed by atoms with E-state index >= 15 is 0 Å². The number of hydrogen-bond donors (Lipinski definition) is 0. The third-order valence-corrected chi connectivity index (χ3v) is 5.23. The second-order valence-electron chi connectivity index (χ2n) is 3.35. The molecule has 0 radical (unpaired) electrons. The Balaban J connectivity index is 2.11. The third kappa shape index (κ3) is 3.80. The summed E-state index contributed by atoms with van der Waals surface area (Å²) in [5.41, 5.74) is 1.07. The first-order chi connectivity index (χ1) is 8.15. The quantitative estimate of drug-likeness (QED) is 0.603. The van der Waals surface area contributed by atoms with E-state index in [1.54, 1.807) is 0 Å². The number of hydrogen-bond acceptors (Lipinski definition) is 1. The fourth-order valence-electron chi connectivity index (χ4n) is 1.25. The molecular weight excluding hydrogens is 338 g/mol. The zero-order valence-corrected chi connectivity index (χ0v) is 12.7. The molecule has 0 saturated heterocycles. The van der Waals surface area contributed by atoms with Crippen LogP contribution in [-0.4, -0.2) is 18.7 Å². The normalized spacial score (nSPS) is 10.2. The second-order valence-corrected chi connectivity index (χ2v) is 7.49. The summed E-state index contributed by atoms with van der Waals surface area (Å²) in [6.07, 6.45) is 0. The SMILES string of the molecule is S=C([Se]c1ccc(Cl)cc1)c1ccc(Cl)cc1. The van der Waals surface area contributed by atoms with Gasteiger partial charge in [0, 0.05) is 0 Å². The Hall–Kier alpha value is -0.371. The monoisotopic (exact) mass is 346 g/mol. The van der Waals surface area contributed by atoms with Gasteiger partial charge in [0.25, 0.3) is 0 Å². The van der Waals surface area contributed by atoms with E-state index in [-0.39, 0.29) is 15.0 Å². The van der Waals surface area contributed by atoms with Gasteiger partial charge in [-0.3, -0.25) is 0 Å². The Morgan fingerprint density at radius 1 is 0.824 bits per heavy atom. The molecule has 2 aromatic carbocycles. The number of thiocarbonyl (C=S) groups is 1. The Morgan fingerprint density at radius 2 is 1.29 bits per heavy atom. The Bertz CT molecular complexity index is 520. The fourth-order valence-corrected chi connectivity index (χ4v) is 3.70. The van der Waals surface area contributed by atoms with Crippen LogP contribution in [0, 0.1) is 0 Å². The average molecular weight is 346 g/mol. The summed E-state index contributed by atoms with van der Waals surface area (Å²) in [4.78, 5) is 0. The van der Waals surface area contributed by atoms with E-state index in [1.165, 1.54) is 4.46 Å². The van der Waals surface area contributed by atoms with Crippen molar-refractivity contribution in [2.75, 3.05) is 0 Å². The Kier molecular flexibility index (Phi) is 4.61. The summed E-state index contributed by atoms with van der Waals surface area (Å²) in [6, 6.07) is 15.5. The van der Waals surface area contributed by atoms with Crippen molar-refractivity contribution in [3.63, 3.8) is 0 Å². The van der Waals surface area contributed by atoms with Gasteiger partial charge >= 0.3 is 123 Å². The predicted molar refractivity (Wildman–Crippen MR) is 80.0 cm³/mol. The summed E-state index contributed by atoms with van der Waals surface area (Å²) in [5.74, 6) is 0. The van der Waals surface area contributed by atoms with Gasteiger partial charge in [0.2, 0.25) is 0 Å². The van der Waals surface area contributed by atoms with Crippen LogP contribution in [0.1, 0.15) is 5.56 Å². The van der Waals surface area contributed by atoms with E-state index in [0.29, 0.717) is 0 Å². The van der Waals surface area contributed by atoms with Gasteiger partial charge in [0.15, 0.2) is 0 Å². The molecule has 0 aliphatic heterocycles. The first-order valence-corrected chi connectivity index (χ1v) is 7.76. The molecule has 0 amide bonds. The Morgan fingerprint density at radius 3 is 1.82 bits per heavy atom. The van der Waals surface area contributed by atoms with Crippen LogP contribution in [0.4, 0.5) is 0 Å². The molecule has 0 spiro atoms. The molecule has 0 bridgehead atoms. The molecule has 0 atom stereocenters. The fraction of sp³-hybridized carbons (Fsp3) is 0. The third-order valence-electron chi connectivity index (χ3n) is 2.10. The molecule has 86 valence electrons. The van der Waals surface area contributed by atoms with Gasteiger partial charge in [-0.15, -0.1) is 0 Å². The summed E-state index contributed by atoms with van der Waals surface area (Å²) in [5, 5.41) is 1.48. The van der Waals surface area contributed by atoms with E-state index in [9.17, 15) is 0 Å².